The van der Waals surface area contributed by atoms with Crippen molar-refractivity contribution >= 4 is 5.57 Å². The highest BCUT2D eigenvalue weighted by molar-refractivity contribution is 5.73. The van der Waals surface area contributed by atoms with Crippen LogP contribution < -0.4 is 5.73 Å². The van der Waals surface area contributed by atoms with Crippen LogP contribution in [0.25, 0.3) is 5.57 Å². The van der Waals surface area contributed by atoms with Crippen LogP contribution in [0, 0.1) is 11.6 Å². The number of rotatable bonds is 1. The summed E-state index contributed by atoms with van der Waals surface area (Å²) in [5.74, 6) is -1.09. The largest absolute Gasteiger partial charge is 0.402 e. The van der Waals surface area contributed by atoms with Gasteiger partial charge in [-0.05, 0) is 30.5 Å². The summed E-state index contributed by atoms with van der Waals surface area (Å²) in [7, 11) is 0. The summed E-state index contributed by atoms with van der Waals surface area (Å²) in [6.07, 6.45) is 1.60. The van der Waals surface area contributed by atoms with E-state index in [2.05, 4.69) is 0 Å². The monoisotopic (exact) mass is 181 g/mol. The number of nitrogens with two attached hydrogens (primary N) is 1. The Hall–Kier alpha value is -1.38. The van der Waals surface area contributed by atoms with Crippen molar-refractivity contribution in [1.29, 1.82) is 0 Å². The minimum absolute atomic E-state index is 0.435. The molecule has 2 N–H and O–H groups in total. The zero-order valence-corrected chi connectivity index (χ0v) is 6.98. The molecule has 68 valence electrons. The fourth-order valence-corrected chi connectivity index (χ4v) is 1.44. The van der Waals surface area contributed by atoms with Gasteiger partial charge in [0.1, 0.15) is 11.6 Å². The summed E-state index contributed by atoms with van der Waals surface area (Å²) >= 11 is 0. The molecule has 0 atom stereocenters. The molecule has 0 saturated carbocycles. The minimum Gasteiger partial charge on any atom is -0.402 e. The Morgan fingerprint density at radius 3 is 2.38 bits per heavy atom. The molecule has 1 aromatic carbocycles. The molecule has 1 nitrogen and oxygen atoms in total. The van der Waals surface area contributed by atoms with E-state index in [1.807, 2.05) is 0 Å². The third kappa shape index (κ3) is 1.30. The molecule has 0 saturated heterocycles. The van der Waals surface area contributed by atoms with Gasteiger partial charge >= 0.3 is 0 Å². The first kappa shape index (κ1) is 8.23. The molecule has 0 unspecified atom stereocenters. The van der Waals surface area contributed by atoms with Crippen molar-refractivity contribution in [3.05, 3.63) is 41.1 Å². The van der Waals surface area contributed by atoms with Crippen LogP contribution in [-0.4, -0.2) is 0 Å². The van der Waals surface area contributed by atoms with Gasteiger partial charge in [0.25, 0.3) is 0 Å². The molecule has 0 aromatic heterocycles. The van der Waals surface area contributed by atoms with Crippen LogP contribution in [0.2, 0.25) is 0 Å². The van der Waals surface area contributed by atoms with Crippen LogP contribution in [-0.2, 0) is 0 Å². The molecule has 0 fully saturated rings. The van der Waals surface area contributed by atoms with Crippen molar-refractivity contribution in [1.82, 2.24) is 0 Å². The van der Waals surface area contributed by atoms with Crippen molar-refractivity contribution in [3.8, 4) is 0 Å². The number of benzene rings is 1. The number of halogens is 2. The van der Waals surface area contributed by atoms with Crippen molar-refractivity contribution in [2.75, 3.05) is 0 Å². The Balaban J connectivity index is 2.47. The van der Waals surface area contributed by atoms with Gasteiger partial charge in [-0.1, -0.05) is 0 Å². The second-order valence-electron chi connectivity index (χ2n) is 3.13. The van der Waals surface area contributed by atoms with Crippen molar-refractivity contribution in [3.63, 3.8) is 0 Å². The highest BCUT2D eigenvalue weighted by Gasteiger charge is 2.18. The number of hydrogen-bond acceptors (Lipinski definition) is 1. The van der Waals surface area contributed by atoms with Gasteiger partial charge in [0, 0.05) is 17.3 Å². The molecule has 0 bridgehead atoms. The highest BCUT2D eigenvalue weighted by Crippen LogP contribution is 2.34. The normalized spacial score (nSPS) is 15.8. The molecule has 2 rings (SSSR count). The van der Waals surface area contributed by atoms with Crippen LogP contribution in [0.5, 0.6) is 0 Å². The van der Waals surface area contributed by atoms with Crippen LogP contribution >= 0.6 is 0 Å². The van der Waals surface area contributed by atoms with Gasteiger partial charge in [-0.15, -0.1) is 0 Å². The van der Waals surface area contributed by atoms with E-state index in [9.17, 15) is 8.78 Å². The first-order chi connectivity index (χ1) is 6.18. The molecule has 0 aliphatic heterocycles. The summed E-state index contributed by atoms with van der Waals surface area (Å²) in [6, 6.07) is 3.57. The van der Waals surface area contributed by atoms with Gasteiger partial charge in [-0.25, -0.2) is 8.78 Å². The van der Waals surface area contributed by atoms with Crippen molar-refractivity contribution in [2.24, 2.45) is 5.73 Å². The lowest BCUT2D eigenvalue weighted by atomic mass is 9.88. The first-order valence-electron chi connectivity index (χ1n) is 4.11. The van der Waals surface area contributed by atoms with Gasteiger partial charge in [0.15, 0.2) is 0 Å². The third-order valence-corrected chi connectivity index (χ3v) is 2.29. The minimum atomic E-state index is -0.556. The summed E-state index contributed by atoms with van der Waals surface area (Å²) in [5.41, 5.74) is 7.55. The SMILES string of the molecule is NC1=C(c2ccc(F)cc2F)CC1. The van der Waals surface area contributed by atoms with E-state index in [4.69, 9.17) is 5.73 Å². The van der Waals surface area contributed by atoms with Crippen LogP contribution in [0.1, 0.15) is 18.4 Å². The van der Waals surface area contributed by atoms with E-state index < -0.39 is 11.6 Å². The zero-order valence-electron chi connectivity index (χ0n) is 6.98. The number of allylic oxidation sites excluding steroid dienone is 2. The molecule has 0 spiro atoms. The molecule has 1 aliphatic carbocycles. The molecule has 0 heterocycles. The van der Waals surface area contributed by atoms with Gasteiger partial charge in [0.05, 0.1) is 0 Å². The molecular weight excluding hydrogens is 172 g/mol. The standard InChI is InChI=1S/C10H9F2N/c11-6-1-2-7(9(12)5-6)8-3-4-10(8)13/h1-2,5H,3-4,13H2. The summed E-state index contributed by atoms with van der Waals surface area (Å²) in [6.45, 7) is 0. The lowest BCUT2D eigenvalue weighted by molar-refractivity contribution is 0.579. The topological polar surface area (TPSA) is 26.0 Å². The lowest BCUT2D eigenvalue weighted by Crippen LogP contribution is -2.12. The molecular formula is C10H9F2N. The fraction of sp³-hybridized carbons (Fsp3) is 0.200. The maximum absolute atomic E-state index is 13.2. The predicted octanol–water partition coefficient (Wildman–Crippen LogP) is 2.43. The van der Waals surface area contributed by atoms with E-state index in [-0.39, 0.29) is 0 Å². The molecule has 1 aliphatic rings. The van der Waals surface area contributed by atoms with Gasteiger partial charge in [-0.2, -0.15) is 0 Å². The molecule has 0 amide bonds. The molecule has 13 heavy (non-hydrogen) atoms. The Kier molecular flexibility index (Phi) is 1.79. The molecule has 3 heteroatoms. The van der Waals surface area contributed by atoms with E-state index in [1.165, 1.54) is 12.1 Å². The van der Waals surface area contributed by atoms with E-state index >= 15 is 0 Å². The van der Waals surface area contributed by atoms with Gasteiger partial charge in [0.2, 0.25) is 0 Å². The Labute approximate surface area is 74.9 Å². The summed E-state index contributed by atoms with van der Waals surface area (Å²) in [4.78, 5) is 0. The second-order valence-corrected chi connectivity index (χ2v) is 3.13. The predicted molar refractivity (Wildman–Crippen MR) is 46.7 cm³/mol. The first-order valence-corrected chi connectivity index (χ1v) is 4.11. The average Bonchev–Trinajstić information content (AvgIpc) is 2.07. The van der Waals surface area contributed by atoms with Crippen LogP contribution in [0.3, 0.4) is 0 Å². The molecule has 0 radical (unpaired) electrons. The summed E-state index contributed by atoms with van der Waals surface area (Å²) < 4.78 is 25.7. The van der Waals surface area contributed by atoms with E-state index in [0.717, 1.165) is 24.5 Å². The quantitative estimate of drug-likeness (QED) is 0.707. The molecule has 1 aromatic rings. The van der Waals surface area contributed by atoms with E-state index in [0.29, 0.717) is 11.3 Å². The zero-order chi connectivity index (χ0) is 9.42. The Morgan fingerprint density at radius 2 is 1.92 bits per heavy atom. The Morgan fingerprint density at radius 1 is 1.15 bits per heavy atom. The maximum atomic E-state index is 13.2. The van der Waals surface area contributed by atoms with Crippen molar-refractivity contribution < 1.29 is 8.78 Å². The van der Waals surface area contributed by atoms with E-state index in [1.54, 1.807) is 0 Å². The van der Waals surface area contributed by atoms with Gasteiger partial charge in [-0.3, -0.25) is 0 Å². The fourth-order valence-electron chi connectivity index (χ4n) is 1.44. The maximum Gasteiger partial charge on any atom is 0.133 e. The van der Waals surface area contributed by atoms with Gasteiger partial charge < -0.3 is 5.73 Å². The van der Waals surface area contributed by atoms with Crippen LogP contribution in [0.15, 0.2) is 23.9 Å². The van der Waals surface area contributed by atoms with Crippen LogP contribution in [0.4, 0.5) is 8.78 Å². The van der Waals surface area contributed by atoms with Crippen molar-refractivity contribution in [2.45, 2.75) is 12.8 Å². The summed E-state index contributed by atoms with van der Waals surface area (Å²) in [5, 5.41) is 0. The average molecular weight is 181 g/mol. The smallest absolute Gasteiger partial charge is 0.133 e. The number of hydrogen-bond donors (Lipinski definition) is 1. The Bertz CT molecular complexity index is 383. The third-order valence-electron chi connectivity index (χ3n) is 2.29. The lowest BCUT2D eigenvalue weighted by Gasteiger charge is -2.20. The highest BCUT2D eigenvalue weighted by atomic mass is 19.1. The second kappa shape index (κ2) is 2.83.